The predicted molar refractivity (Wildman–Crippen MR) is 138 cm³/mol. The van der Waals surface area contributed by atoms with Crippen LogP contribution in [0.15, 0.2) is 77.2 Å². The molecule has 0 aliphatic carbocycles. The molecule has 2 aromatic heterocycles. The number of aromatic hydroxyl groups is 1. The topological polar surface area (TPSA) is 120 Å². The molecule has 0 fully saturated rings. The molecular formula is C28H24N4O4. The van der Waals surface area contributed by atoms with Crippen LogP contribution in [0, 0.1) is 6.92 Å². The summed E-state index contributed by atoms with van der Waals surface area (Å²) in [5.41, 5.74) is 4.50. The number of carbonyl (C=O) groups is 2. The van der Waals surface area contributed by atoms with Crippen LogP contribution >= 0.6 is 0 Å². The number of aryl methyl sites for hydroxylation is 2. The number of anilines is 2. The van der Waals surface area contributed by atoms with Gasteiger partial charge in [-0.2, -0.15) is 5.10 Å². The molecule has 0 spiro atoms. The van der Waals surface area contributed by atoms with Gasteiger partial charge in [0.05, 0.1) is 5.69 Å². The van der Waals surface area contributed by atoms with Crippen molar-refractivity contribution in [2.45, 2.75) is 20.3 Å². The van der Waals surface area contributed by atoms with Gasteiger partial charge in [-0.3, -0.25) is 14.7 Å². The van der Waals surface area contributed by atoms with Crippen LogP contribution in [0.1, 0.15) is 39.1 Å². The molecule has 5 rings (SSSR count). The molecule has 3 aromatic carbocycles. The molecule has 0 aliphatic heterocycles. The molecule has 180 valence electrons. The van der Waals surface area contributed by atoms with E-state index in [1.807, 2.05) is 44.2 Å². The number of phenols is 1. The Bertz CT molecular complexity index is 1600. The molecule has 0 aliphatic rings. The van der Waals surface area contributed by atoms with Crippen LogP contribution in [-0.4, -0.2) is 27.1 Å². The highest BCUT2D eigenvalue weighted by Crippen LogP contribution is 2.33. The van der Waals surface area contributed by atoms with Gasteiger partial charge in [0.15, 0.2) is 0 Å². The maximum atomic E-state index is 13.2. The smallest absolute Gasteiger partial charge is 0.293 e. The summed E-state index contributed by atoms with van der Waals surface area (Å²) in [4.78, 5) is 26.3. The predicted octanol–water partition coefficient (Wildman–Crippen LogP) is 5.90. The lowest BCUT2D eigenvalue weighted by atomic mass is 10.1. The van der Waals surface area contributed by atoms with Crippen LogP contribution in [0.3, 0.4) is 0 Å². The van der Waals surface area contributed by atoms with Gasteiger partial charge in [0, 0.05) is 16.6 Å². The number of hydrogen-bond donors (Lipinski definition) is 4. The standard InChI is InChI=1S/C28H24N4O4/c1-3-17-11-12-23(33)20(14-17)21-15-22(32-31-21)27(34)30-25-19-9-4-5-10-24(19)36-26(25)28(35)29-18-8-6-7-16(2)13-18/h4-15,33H,3H2,1-2H3,(H,29,35)(H,30,34)(H,31,32). The van der Waals surface area contributed by atoms with Gasteiger partial charge in [-0.25, -0.2) is 0 Å². The number of aromatic nitrogens is 2. The summed E-state index contributed by atoms with van der Waals surface area (Å²) in [5.74, 6) is -0.935. The van der Waals surface area contributed by atoms with Crippen LogP contribution < -0.4 is 10.6 Å². The number of rotatable bonds is 6. The van der Waals surface area contributed by atoms with Crippen LogP contribution in [0.2, 0.25) is 0 Å². The fourth-order valence-corrected chi connectivity index (χ4v) is 4.01. The largest absolute Gasteiger partial charge is 0.507 e. The summed E-state index contributed by atoms with van der Waals surface area (Å²) in [6.07, 6.45) is 0.798. The van der Waals surface area contributed by atoms with E-state index in [1.54, 1.807) is 42.5 Å². The van der Waals surface area contributed by atoms with Gasteiger partial charge in [-0.15, -0.1) is 0 Å². The highest BCUT2D eigenvalue weighted by Gasteiger charge is 2.24. The van der Waals surface area contributed by atoms with Gasteiger partial charge in [0.25, 0.3) is 11.8 Å². The SMILES string of the molecule is CCc1ccc(O)c(-c2cc(C(=O)Nc3c(C(=O)Nc4cccc(C)c4)oc4ccccc34)[nH]n2)c1. The number of furan rings is 1. The number of para-hydroxylation sites is 1. The second-order valence-corrected chi connectivity index (χ2v) is 8.45. The first-order valence-corrected chi connectivity index (χ1v) is 11.5. The van der Waals surface area contributed by atoms with Crippen LogP contribution in [0.25, 0.3) is 22.2 Å². The second kappa shape index (κ2) is 9.42. The van der Waals surface area contributed by atoms with E-state index in [4.69, 9.17) is 4.42 Å². The first kappa shape index (κ1) is 22.9. The maximum absolute atomic E-state index is 13.2. The fourth-order valence-electron chi connectivity index (χ4n) is 4.01. The average molecular weight is 481 g/mol. The quantitative estimate of drug-likeness (QED) is 0.241. The Labute approximate surface area is 207 Å². The first-order valence-electron chi connectivity index (χ1n) is 11.5. The Morgan fingerprint density at radius 3 is 2.61 bits per heavy atom. The van der Waals surface area contributed by atoms with E-state index < -0.39 is 11.8 Å². The number of phenolic OH excluding ortho intramolecular Hbond substituents is 1. The Hall–Kier alpha value is -4.85. The molecule has 2 amide bonds. The van der Waals surface area contributed by atoms with E-state index in [0.29, 0.717) is 27.9 Å². The number of nitrogens with one attached hydrogen (secondary N) is 3. The molecule has 0 bridgehead atoms. The van der Waals surface area contributed by atoms with E-state index in [-0.39, 0.29) is 22.9 Å². The number of benzene rings is 3. The summed E-state index contributed by atoms with van der Waals surface area (Å²) < 4.78 is 5.83. The third kappa shape index (κ3) is 4.44. The molecular weight excluding hydrogens is 456 g/mol. The van der Waals surface area contributed by atoms with Crippen molar-refractivity contribution < 1.29 is 19.1 Å². The van der Waals surface area contributed by atoms with E-state index in [0.717, 1.165) is 17.5 Å². The summed E-state index contributed by atoms with van der Waals surface area (Å²) in [6, 6.07) is 21.3. The van der Waals surface area contributed by atoms with Gasteiger partial charge >= 0.3 is 0 Å². The Morgan fingerprint density at radius 1 is 0.972 bits per heavy atom. The molecule has 4 N–H and O–H groups in total. The number of amides is 2. The van der Waals surface area contributed by atoms with Crippen molar-refractivity contribution in [2.75, 3.05) is 10.6 Å². The van der Waals surface area contributed by atoms with E-state index in [2.05, 4.69) is 20.8 Å². The molecule has 8 nitrogen and oxygen atoms in total. The normalized spacial score (nSPS) is 10.9. The van der Waals surface area contributed by atoms with Crippen molar-refractivity contribution in [3.8, 4) is 17.0 Å². The monoisotopic (exact) mass is 480 g/mol. The Morgan fingerprint density at radius 2 is 1.81 bits per heavy atom. The van der Waals surface area contributed by atoms with Gasteiger partial charge < -0.3 is 20.2 Å². The number of hydrogen-bond acceptors (Lipinski definition) is 5. The highest BCUT2D eigenvalue weighted by molar-refractivity contribution is 6.16. The molecule has 0 radical (unpaired) electrons. The molecule has 0 atom stereocenters. The van der Waals surface area contributed by atoms with Gasteiger partial charge in [-0.05, 0) is 66.9 Å². The summed E-state index contributed by atoms with van der Waals surface area (Å²) in [7, 11) is 0. The molecule has 8 heteroatoms. The highest BCUT2D eigenvalue weighted by atomic mass is 16.3. The number of aromatic amines is 1. The molecule has 5 aromatic rings. The summed E-state index contributed by atoms with van der Waals surface area (Å²) in [6.45, 7) is 3.95. The second-order valence-electron chi connectivity index (χ2n) is 8.45. The zero-order valence-electron chi connectivity index (χ0n) is 19.8. The maximum Gasteiger partial charge on any atom is 0.293 e. The van der Waals surface area contributed by atoms with Crippen molar-refractivity contribution >= 4 is 34.2 Å². The van der Waals surface area contributed by atoms with E-state index in [9.17, 15) is 14.7 Å². The first-order chi connectivity index (χ1) is 17.4. The van der Waals surface area contributed by atoms with Gasteiger partial charge in [-0.1, -0.05) is 37.3 Å². The van der Waals surface area contributed by atoms with Crippen molar-refractivity contribution in [1.29, 1.82) is 0 Å². The van der Waals surface area contributed by atoms with Crippen molar-refractivity contribution in [1.82, 2.24) is 10.2 Å². The van der Waals surface area contributed by atoms with Gasteiger partial charge in [0.1, 0.15) is 22.7 Å². The van der Waals surface area contributed by atoms with E-state index in [1.165, 1.54) is 0 Å². The third-order valence-electron chi connectivity index (χ3n) is 5.88. The molecule has 0 saturated carbocycles. The lowest BCUT2D eigenvalue weighted by Crippen LogP contribution is -2.17. The summed E-state index contributed by atoms with van der Waals surface area (Å²) in [5, 5.41) is 23.4. The lowest BCUT2D eigenvalue weighted by Gasteiger charge is -2.07. The zero-order valence-corrected chi connectivity index (χ0v) is 19.8. The van der Waals surface area contributed by atoms with E-state index >= 15 is 0 Å². The van der Waals surface area contributed by atoms with Crippen molar-refractivity contribution in [2.24, 2.45) is 0 Å². The number of H-pyrrole nitrogens is 1. The van der Waals surface area contributed by atoms with Crippen LogP contribution in [0.4, 0.5) is 11.4 Å². The Balaban J connectivity index is 1.45. The third-order valence-corrected chi connectivity index (χ3v) is 5.88. The minimum absolute atomic E-state index is 0.0147. The lowest BCUT2D eigenvalue weighted by molar-refractivity contribution is 0.0999. The molecule has 2 heterocycles. The average Bonchev–Trinajstić information content (AvgIpc) is 3.50. The van der Waals surface area contributed by atoms with Crippen molar-refractivity contribution in [3.63, 3.8) is 0 Å². The van der Waals surface area contributed by atoms with Gasteiger partial charge in [0.2, 0.25) is 5.76 Å². The molecule has 0 saturated heterocycles. The summed E-state index contributed by atoms with van der Waals surface area (Å²) >= 11 is 0. The number of fused-ring (bicyclic) bond motifs is 1. The number of nitrogens with zero attached hydrogens (tertiary/aromatic N) is 1. The minimum Gasteiger partial charge on any atom is -0.507 e. The number of carbonyl (C=O) groups excluding carboxylic acids is 2. The van der Waals surface area contributed by atoms with Crippen molar-refractivity contribution in [3.05, 3.63) is 95.4 Å². The fraction of sp³-hybridized carbons (Fsp3) is 0.107. The van der Waals surface area contributed by atoms with Crippen LogP contribution in [-0.2, 0) is 6.42 Å². The molecule has 36 heavy (non-hydrogen) atoms. The van der Waals surface area contributed by atoms with Crippen LogP contribution in [0.5, 0.6) is 5.75 Å². The molecule has 0 unspecified atom stereocenters. The Kier molecular flexibility index (Phi) is 6.00. The minimum atomic E-state index is -0.504. The zero-order chi connectivity index (χ0) is 25.2.